The fourth-order valence-corrected chi connectivity index (χ4v) is 2.29. The molecule has 1 aromatic carbocycles. The van der Waals surface area contributed by atoms with Gasteiger partial charge in [-0.25, -0.2) is 0 Å². The molecule has 0 aliphatic heterocycles. The molecule has 0 N–H and O–H groups in total. The lowest BCUT2D eigenvalue weighted by molar-refractivity contribution is 0.102. The first-order chi connectivity index (χ1) is 7.68. The molecule has 0 atom stereocenters. The van der Waals surface area contributed by atoms with E-state index < -0.39 is 0 Å². The van der Waals surface area contributed by atoms with Crippen LogP contribution in [0, 0.1) is 13.8 Å². The summed E-state index contributed by atoms with van der Waals surface area (Å²) in [6.07, 6.45) is 6.51. The highest BCUT2D eigenvalue weighted by atomic mass is 16.1. The van der Waals surface area contributed by atoms with E-state index >= 15 is 0 Å². The van der Waals surface area contributed by atoms with Crippen LogP contribution in [-0.4, -0.2) is 5.78 Å². The lowest BCUT2D eigenvalue weighted by Gasteiger charge is -2.13. The number of rotatable bonds is 2. The van der Waals surface area contributed by atoms with Crippen molar-refractivity contribution in [3.05, 3.63) is 46.5 Å². The molecule has 1 aliphatic carbocycles. The molecule has 1 aliphatic rings. The van der Waals surface area contributed by atoms with E-state index in [2.05, 4.69) is 19.1 Å². The number of carbonyl (C=O) groups excluding carboxylic acids is 1. The van der Waals surface area contributed by atoms with Gasteiger partial charge in [-0.3, -0.25) is 4.79 Å². The highest BCUT2D eigenvalue weighted by Gasteiger charge is 2.15. The van der Waals surface area contributed by atoms with Crippen molar-refractivity contribution in [1.82, 2.24) is 0 Å². The van der Waals surface area contributed by atoms with Crippen molar-refractivity contribution >= 4 is 5.78 Å². The Bertz CT molecular complexity index is 441. The Labute approximate surface area is 97.2 Å². The minimum absolute atomic E-state index is 0.234. The van der Waals surface area contributed by atoms with Crippen LogP contribution in [0.4, 0.5) is 0 Å². The predicted molar refractivity (Wildman–Crippen MR) is 66.8 cm³/mol. The molecule has 0 amide bonds. The molecule has 1 nitrogen and oxygen atoms in total. The summed E-state index contributed by atoms with van der Waals surface area (Å²) in [7, 11) is 0. The number of Topliss-reactive ketones (excluding diaryl/α,β-unsaturated/α-hetero) is 1. The van der Waals surface area contributed by atoms with Crippen LogP contribution < -0.4 is 0 Å². The topological polar surface area (TPSA) is 17.1 Å². The Morgan fingerprint density at radius 1 is 1.19 bits per heavy atom. The maximum Gasteiger partial charge on any atom is 0.188 e. The van der Waals surface area contributed by atoms with Crippen LogP contribution in [-0.2, 0) is 0 Å². The number of carbonyl (C=O) groups is 1. The fraction of sp³-hybridized carbons (Fsp3) is 0.400. The van der Waals surface area contributed by atoms with Crippen LogP contribution in [0.2, 0.25) is 0 Å². The van der Waals surface area contributed by atoms with E-state index in [9.17, 15) is 4.79 Å². The molecule has 2 rings (SSSR count). The first kappa shape index (κ1) is 11.1. The lowest BCUT2D eigenvalue weighted by Crippen LogP contribution is -2.08. The summed E-state index contributed by atoms with van der Waals surface area (Å²) >= 11 is 0. The van der Waals surface area contributed by atoms with Gasteiger partial charge in [0.05, 0.1) is 0 Å². The minimum atomic E-state index is 0.234. The predicted octanol–water partition coefficient (Wildman–Crippen LogP) is 3.99. The van der Waals surface area contributed by atoms with E-state index in [0.29, 0.717) is 0 Å². The van der Waals surface area contributed by atoms with E-state index in [1.807, 2.05) is 19.1 Å². The van der Waals surface area contributed by atoms with Crippen LogP contribution in [0.15, 0.2) is 29.8 Å². The average Bonchev–Trinajstić information content (AvgIpc) is 2.29. The van der Waals surface area contributed by atoms with E-state index in [1.54, 1.807) is 0 Å². The number of aryl methyl sites for hydroxylation is 2. The van der Waals surface area contributed by atoms with Gasteiger partial charge in [-0.05, 0) is 50.7 Å². The largest absolute Gasteiger partial charge is 0.289 e. The zero-order valence-corrected chi connectivity index (χ0v) is 10.0. The molecule has 1 aromatic rings. The molecule has 0 bridgehead atoms. The van der Waals surface area contributed by atoms with E-state index in [-0.39, 0.29) is 5.78 Å². The van der Waals surface area contributed by atoms with Crippen LogP contribution in [0.25, 0.3) is 0 Å². The third kappa shape index (κ3) is 2.24. The first-order valence-corrected chi connectivity index (χ1v) is 5.99. The Morgan fingerprint density at radius 3 is 2.62 bits per heavy atom. The van der Waals surface area contributed by atoms with Gasteiger partial charge in [0.25, 0.3) is 0 Å². The second-order valence-electron chi connectivity index (χ2n) is 4.62. The van der Waals surface area contributed by atoms with Crippen molar-refractivity contribution in [2.75, 3.05) is 0 Å². The molecule has 0 spiro atoms. The van der Waals surface area contributed by atoms with Crippen LogP contribution in [0.5, 0.6) is 0 Å². The first-order valence-electron chi connectivity index (χ1n) is 5.99. The smallest absolute Gasteiger partial charge is 0.188 e. The normalized spacial score (nSPS) is 15.8. The van der Waals surface area contributed by atoms with E-state index in [0.717, 1.165) is 36.0 Å². The van der Waals surface area contributed by atoms with Gasteiger partial charge in [-0.1, -0.05) is 29.8 Å². The summed E-state index contributed by atoms with van der Waals surface area (Å²) in [6, 6.07) is 6.06. The summed E-state index contributed by atoms with van der Waals surface area (Å²) < 4.78 is 0. The summed E-state index contributed by atoms with van der Waals surface area (Å²) in [5, 5.41) is 0. The maximum absolute atomic E-state index is 12.3. The Kier molecular flexibility index (Phi) is 3.23. The second-order valence-corrected chi connectivity index (χ2v) is 4.62. The van der Waals surface area contributed by atoms with Crippen molar-refractivity contribution in [2.45, 2.75) is 39.5 Å². The molecule has 0 saturated carbocycles. The molecule has 0 saturated heterocycles. The van der Waals surface area contributed by atoms with Crippen molar-refractivity contribution in [3.8, 4) is 0 Å². The van der Waals surface area contributed by atoms with Crippen LogP contribution in [0.1, 0.15) is 47.2 Å². The monoisotopic (exact) mass is 214 g/mol. The lowest BCUT2D eigenvalue weighted by atomic mass is 9.91. The highest BCUT2D eigenvalue weighted by Crippen LogP contribution is 2.23. The molecule has 0 heterocycles. The quantitative estimate of drug-likeness (QED) is 0.680. The molecular formula is C15H18O. The zero-order chi connectivity index (χ0) is 11.5. The summed E-state index contributed by atoms with van der Waals surface area (Å²) in [4.78, 5) is 12.3. The Hall–Kier alpha value is -1.37. The van der Waals surface area contributed by atoms with Gasteiger partial charge in [-0.15, -0.1) is 0 Å². The van der Waals surface area contributed by atoms with E-state index in [4.69, 9.17) is 0 Å². The Balaban J connectivity index is 2.30. The molecule has 0 fully saturated rings. The van der Waals surface area contributed by atoms with Gasteiger partial charge >= 0.3 is 0 Å². The highest BCUT2D eigenvalue weighted by molar-refractivity contribution is 6.09. The summed E-state index contributed by atoms with van der Waals surface area (Å²) in [6.45, 7) is 4.07. The SMILES string of the molecule is Cc1ccc(C(=O)C2=CCCCC2)c(C)c1. The van der Waals surface area contributed by atoms with Crippen molar-refractivity contribution in [1.29, 1.82) is 0 Å². The molecule has 0 unspecified atom stereocenters. The number of allylic oxidation sites excluding steroid dienone is 2. The van der Waals surface area contributed by atoms with Gasteiger partial charge in [0, 0.05) is 5.56 Å². The number of hydrogen-bond donors (Lipinski definition) is 0. The number of benzene rings is 1. The van der Waals surface area contributed by atoms with Crippen molar-refractivity contribution < 1.29 is 4.79 Å². The van der Waals surface area contributed by atoms with E-state index in [1.165, 1.54) is 12.0 Å². The summed E-state index contributed by atoms with van der Waals surface area (Å²) in [5.41, 5.74) is 4.19. The number of ketones is 1. The van der Waals surface area contributed by atoms with Gasteiger partial charge in [0.15, 0.2) is 5.78 Å². The summed E-state index contributed by atoms with van der Waals surface area (Å²) in [5.74, 6) is 0.234. The molecule has 16 heavy (non-hydrogen) atoms. The third-order valence-electron chi connectivity index (χ3n) is 3.21. The third-order valence-corrected chi connectivity index (χ3v) is 3.21. The molecule has 0 aromatic heterocycles. The number of hydrogen-bond acceptors (Lipinski definition) is 1. The molecule has 0 radical (unpaired) electrons. The fourth-order valence-electron chi connectivity index (χ4n) is 2.29. The molecule has 1 heteroatoms. The standard InChI is InChI=1S/C15H18O/c1-11-8-9-14(12(2)10-11)15(16)13-6-4-3-5-7-13/h6,8-10H,3-5,7H2,1-2H3. The van der Waals surface area contributed by atoms with Gasteiger partial charge < -0.3 is 0 Å². The van der Waals surface area contributed by atoms with Crippen LogP contribution in [0.3, 0.4) is 0 Å². The molecule has 84 valence electrons. The maximum atomic E-state index is 12.3. The zero-order valence-electron chi connectivity index (χ0n) is 10.0. The molecular weight excluding hydrogens is 196 g/mol. The van der Waals surface area contributed by atoms with Crippen molar-refractivity contribution in [2.24, 2.45) is 0 Å². The Morgan fingerprint density at radius 2 is 2.00 bits per heavy atom. The van der Waals surface area contributed by atoms with Gasteiger partial charge in [-0.2, -0.15) is 0 Å². The minimum Gasteiger partial charge on any atom is -0.289 e. The average molecular weight is 214 g/mol. The van der Waals surface area contributed by atoms with Crippen molar-refractivity contribution in [3.63, 3.8) is 0 Å². The van der Waals surface area contributed by atoms with Gasteiger partial charge in [0.1, 0.15) is 0 Å². The van der Waals surface area contributed by atoms with Gasteiger partial charge in [0.2, 0.25) is 0 Å². The van der Waals surface area contributed by atoms with Crippen LogP contribution >= 0.6 is 0 Å². The second kappa shape index (κ2) is 4.65.